The van der Waals surface area contributed by atoms with Crippen LogP contribution in [0.1, 0.15) is 37.7 Å². The maximum absolute atomic E-state index is 13.3. The molecule has 1 atom stereocenters. The third-order valence-corrected chi connectivity index (χ3v) is 5.09. The molecular weight excluding hydrogens is 313 g/mol. The van der Waals surface area contributed by atoms with Gasteiger partial charge in [0.25, 0.3) is 0 Å². The number of carboxylic acid groups (broad SMARTS) is 1. The van der Waals surface area contributed by atoms with Crippen LogP contribution in [-0.4, -0.2) is 47.7 Å². The van der Waals surface area contributed by atoms with Crippen LogP contribution < -0.4 is 0 Å². The zero-order valence-corrected chi connectivity index (χ0v) is 13.5. The number of carboxylic acids is 1. The molecule has 0 radical (unpaired) electrons. The van der Waals surface area contributed by atoms with Crippen LogP contribution in [0.4, 0.5) is 4.39 Å². The van der Waals surface area contributed by atoms with Crippen LogP contribution in [0.5, 0.6) is 0 Å². The summed E-state index contributed by atoms with van der Waals surface area (Å²) in [5, 5.41) is 8.94. The summed E-state index contributed by atoms with van der Waals surface area (Å²) in [5.74, 6) is -1.22. The highest BCUT2D eigenvalue weighted by atomic mass is 19.1. The molecule has 24 heavy (non-hydrogen) atoms. The van der Waals surface area contributed by atoms with Crippen LogP contribution in [0.25, 0.3) is 0 Å². The summed E-state index contributed by atoms with van der Waals surface area (Å²) in [6, 6.07) is 6.20. The maximum atomic E-state index is 13.3. The molecule has 1 N–H and O–H groups in total. The van der Waals surface area contributed by atoms with Gasteiger partial charge in [-0.05, 0) is 30.5 Å². The molecule has 1 aliphatic carbocycles. The third-order valence-electron chi connectivity index (χ3n) is 5.09. The molecule has 1 saturated carbocycles. The Hall–Kier alpha value is -1.95. The number of aliphatic carboxylic acids is 1. The van der Waals surface area contributed by atoms with Crippen LogP contribution in [-0.2, 0) is 19.7 Å². The van der Waals surface area contributed by atoms with Crippen molar-refractivity contribution in [2.75, 3.05) is 19.7 Å². The number of carbonyl (C=O) groups is 2. The number of nitrogens with zero attached hydrogens (tertiary/aromatic N) is 1. The van der Waals surface area contributed by atoms with Crippen LogP contribution in [0.3, 0.4) is 0 Å². The average Bonchev–Trinajstić information content (AvgIpc) is 3.05. The number of halogens is 1. The monoisotopic (exact) mass is 335 g/mol. The van der Waals surface area contributed by atoms with Gasteiger partial charge in [-0.25, -0.2) is 4.39 Å². The van der Waals surface area contributed by atoms with Crippen molar-refractivity contribution in [1.29, 1.82) is 0 Å². The van der Waals surface area contributed by atoms with E-state index in [1.165, 1.54) is 12.1 Å². The molecule has 1 aromatic rings. The van der Waals surface area contributed by atoms with E-state index in [2.05, 4.69) is 0 Å². The van der Waals surface area contributed by atoms with E-state index < -0.39 is 17.5 Å². The van der Waals surface area contributed by atoms with E-state index in [-0.39, 0.29) is 18.1 Å². The predicted molar refractivity (Wildman–Crippen MR) is 85.1 cm³/mol. The van der Waals surface area contributed by atoms with Gasteiger partial charge in [-0.3, -0.25) is 9.59 Å². The molecule has 0 aromatic heterocycles. The first kappa shape index (κ1) is 16.9. The summed E-state index contributed by atoms with van der Waals surface area (Å²) in [7, 11) is 0. The molecule has 1 aromatic carbocycles. The quantitative estimate of drug-likeness (QED) is 0.917. The summed E-state index contributed by atoms with van der Waals surface area (Å²) >= 11 is 0. The second-order valence-corrected chi connectivity index (χ2v) is 6.64. The first-order valence-electron chi connectivity index (χ1n) is 8.40. The molecule has 1 saturated heterocycles. The van der Waals surface area contributed by atoms with Crippen LogP contribution >= 0.6 is 0 Å². The van der Waals surface area contributed by atoms with Gasteiger partial charge in [0, 0.05) is 13.1 Å². The number of amides is 1. The predicted octanol–water partition coefficient (Wildman–Crippen LogP) is 2.34. The fourth-order valence-electron chi connectivity index (χ4n) is 3.90. The Kier molecular flexibility index (Phi) is 4.85. The standard InChI is InChI=1S/C18H22FNO4/c19-14-5-3-13(4-6-14)18(7-1-2-8-18)17(23)20-9-10-24-15(12-20)11-16(21)22/h3-6,15H,1-2,7-12H2,(H,21,22). The number of rotatable bonds is 4. The van der Waals surface area contributed by atoms with E-state index >= 15 is 0 Å². The second kappa shape index (κ2) is 6.89. The fraction of sp³-hybridized carbons (Fsp3) is 0.556. The average molecular weight is 335 g/mol. The third kappa shape index (κ3) is 3.29. The Morgan fingerprint density at radius 1 is 1.25 bits per heavy atom. The fourth-order valence-corrected chi connectivity index (χ4v) is 3.90. The molecule has 130 valence electrons. The Bertz CT molecular complexity index is 610. The van der Waals surface area contributed by atoms with E-state index in [9.17, 15) is 14.0 Å². The lowest BCUT2D eigenvalue weighted by Gasteiger charge is -2.39. The zero-order valence-electron chi connectivity index (χ0n) is 13.5. The molecule has 1 unspecified atom stereocenters. The van der Waals surface area contributed by atoms with Crippen molar-refractivity contribution in [3.63, 3.8) is 0 Å². The summed E-state index contributed by atoms with van der Waals surface area (Å²) in [4.78, 5) is 25.9. The minimum absolute atomic E-state index is 0.0188. The Labute approximate surface area is 140 Å². The van der Waals surface area contributed by atoms with Crippen molar-refractivity contribution in [1.82, 2.24) is 4.90 Å². The zero-order chi connectivity index (χ0) is 17.2. The number of ether oxygens (including phenoxy) is 1. The van der Waals surface area contributed by atoms with Gasteiger partial charge in [0.05, 0.1) is 24.5 Å². The van der Waals surface area contributed by atoms with Crippen molar-refractivity contribution < 1.29 is 23.8 Å². The van der Waals surface area contributed by atoms with E-state index in [0.717, 1.165) is 31.2 Å². The molecule has 6 heteroatoms. The summed E-state index contributed by atoms with van der Waals surface area (Å²) in [6.07, 6.45) is 2.86. The Balaban J connectivity index is 1.82. The number of hydrogen-bond donors (Lipinski definition) is 1. The number of hydrogen-bond acceptors (Lipinski definition) is 3. The van der Waals surface area contributed by atoms with Gasteiger partial charge in [-0.15, -0.1) is 0 Å². The van der Waals surface area contributed by atoms with Crippen molar-refractivity contribution in [3.05, 3.63) is 35.6 Å². The normalized spacial score (nSPS) is 23.2. The topological polar surface area (TPSA) is 66.8 Å². The molecule has 0 spiro atoms. The molecule has 1 heterocycles. The largest absolute Gasteiger partial charge is 0.481 e. The van der Waals surface area contributed by atoms with Crippen molar-refractivity contribution in [2.24, 2.45) is 0 Å². The summed E-state index contributed by atoms with van der Waals surface area (Å²) in [5.41, 5.74) is 0.242. The summed E-state index contributed by atoms with van der Waals surface area (Å²) in [6.45, 7) is 1.12. The molecule has 1 aliphatic heterocycles. The van der Waals surface area contributed by atoms with Crippen molar-refractivity contribution in [3.8, 4) is 0 Å². The molecule has 1 amide bonds. The molecule has 5 nitrogen and oxygen atoms in total. The van der Waals surface area contributed by atoms with Gasteiger partial charge < -0.3 is 14.7 Å². The highest BCUT2D eigenvalue weighted by Crippen LogP contribution is 2.43. The molecule has 3 rings (SSSR count). The van der Waals surface area contributed by atoms with Crippen molar-refractivity contribution in [2.45, 2.75) is 43.6 Å². The van der Waals surface area contributed by atoms with Gasteiger partial charge >= 0.3 is 5.97 Å². The maximum Gasteiger partial charge on any atom is 0.306 e. The van der Waals surface area contributed by atoms with Crippen LogP contribution in [0.2, 0.25) is 0 Å². The van der Waals surface area contributed by atoms with E-state index in [1.54, 1.807) is 17.0 Å². The first-order chi connectivity index (χ1) is 11.5. The Morgan fingerprint density at radius 3 is 2.54 bits per heavy atom. The lowest BCUT2D eigenvalue weighted by Crippen LogP contribution is -2.52. The van der Waals surface area contributed by atoms with E-state index in [0.29, 0.717) is 19.7 Å². The minimum atomic E-state index is -0.927. The lowest BCUT2D eigenvalue weighted by molar-refractivity contribution is -0.150. The molecule has 2 fully saturated rings. The van der Waals surface area contributed by atoms with Gasteiger partial charge in [-0.2, -0.15) is 0 Å². The lowest BCUT2D eigenvalue weighted by atomic mass is 9.77. The van der Waals surface area contributed by atoms with Gasteiger partial charge in [-0.1, -0.05) is 25.0 Å². The van der Waals surface area contributed by atoms with Gasteiger partial charge in [0.1, 0.15) is 5.82 Å². The highest BCUT2D eigenvalue weighted by molar-refractivity contribution is 5.89. The second-order valence-electron chi connectivity index (χ2n) is 6.64. The first-order valence-corrected chi connectivity index (χ1v) is 8.40. The minimum Gasteiger partial charge on any atom is -0.481 e. The van der Waals surface area contributed by atoms with E-state index in [4.69, 9.17) is 9.84 Å². The van der Waals surface area contributed by atoms with Crippen LogP contribution in [0, 0.1) is 5.82 Å². The van der Waals surface area contributed by atoms with Crippen LogP contribution in [0.15, 0.2) is 24.3 Å². The highest BCUT2D eigenvalue weighted by Gasteiger charge is 2.45. The van der Waals surface area contributed by atoms with Crippen molar-refractivity contribution >= 4 is 11.9 Å². The van der Waals surface area contributed by atoms with Gasteiger partial charge in [0.2, 0.25) is 5.91 Å². The molecular formula is C18H22FNO4. The summed E-state index contributed by atoms with van der Waals surface area (Å²) < 4.78 is 18.7. The molecule has 0 bridgehead atoms. The number of benzene rings is 1. The van der Waals surface area contributed by atoms with E-state index in [1.807, 2.05) is 0 Å². The number of morpholine rings is 1. The number of carbonyl (C=O) groups excluding carboxylic acids is 1. The van der Waals surface area contributed by atoms with Gasteiger partial charge in [0.15, 0.2) is 0 Å². The smallest absolute Gasteiger partial charge is 0.306 e. The molecule has 2 aliphatic rings. The SMILES string of the molecule is O=C(O)CC1CN(C(=O)C2(c3ccc(F)cc3)CCCC2)CCO1. The Morgan fingerprint density at radius 2 is 1.92 bits per heavy atom.